The van der Waals surface area contributed by atoms with Crippen molar-refractivity contribution in [1.29, 1.82) is 0 Å². The smallest absolute Gasteiger partial charge is 0.191 e. The van der Waals surface area contributed by atoms with Crippen LogP contribution in [0.4, 0.5) is 0 Å². The molecule has 23 heavy (non-hydrogen) atoms. The van der Waals surface area contributed by atoms with Crippen LogP contribution in [-0.2, 0) is 11.3 Å². The summed E-state index contributed by atoms with van der Waals surface area (Å²) in [6.45, 7) is 14.0. The Hall–Kier alpha value is -1.11. The van der Waals surface area contributed by atoms with E-state index in [0.29, 0.717) is 5.92 Å². The molecule has 1 aliphatic rings. The Morgan fingerprint density at radius 2 is 2.13 bits per heavy atom. The van der Waals surface area contributed by atoms with Crippen LogP contribution >= 0.6 is 11.3 Å². The minimum Gasteiger partial charge on any atom is -0.379 e. The highest BCUT2D eigenvalue weighted by atomic mass is 32.1. The van der Waals surface area contributed by atoms with Crippen molar-refractivity contribution in [3.63, 3.8) is 0 Å². The van der Waals surface area contributed by atoms with E-state index in [4.69, 9.17) is 4.74 Å². The average Bonchev–Trinajstić information content (AvgIpc) is 2.96. The lowest BCUT2D eigenvalue weighted by atomic mass is 10.1. The topological polar surface area (TPSA) is 48.9 Å². The number of hydrogen-bond donors (Lipinski definition) is 2. The average molecular weight is 339 g/mol. The maximum absolute atomic E-state index is 5.40. The third-order valence-corrected chi connectivity index (χ3v) is 4.81. The Labute approximate surface area is 144 Å². The van der Waals surface area contributed by atoms with Gasteiger partial charge in [0, 0.05) is 42.5 Å². The molecular formula is C17H30N4OS. The fourth-order valence-electron chi connectivity index (χ4n) is 2.63. The highest BCUT2D eigenvalue weighted by Crippen LogP contribution is 2.15. The molecule has 0 aromatic carbocycles. The summed E-state index contributed by atoms with van der Waals surface area (Å²) in [5.74, 6) is 1.49. The lowest BCUT2D eigenvalue weighted by Crippen LogP contribution is -2.44. The van der Waals surface area contributed by atoms with Gasteiger partial charge in [0.2, 0.25) is 0 Å². The summed E-state index contributed by atoms with van der Waals surface area (Å²) in [4.78, 5) is 9.81. The third-order valence-electron chi connectivity index (χ3n) is 3.82. The molecule has 1 aromatic rings. The maximum atomic E-state index is 5.40. The van der Waals surface area contributed by atoms with Crippen LogP contribution in [0.15, 0.2) is 17.1 Å². The van der Waals surface area contributed by atoms with Crippen LogP contribution in [0.3, 0.4) is 0 Å². The summed E-state index contributed by atoms with van der Waals surface area (Å²) in [7, 11) is 0. The zero-order valence-corrected chi connectivity index (χ0v) is 15.4. The van der Waals surface area contributed by atoms with Crippen molar-refractivity contribution in [1.82, 2.24) is 15.5 Å². The van der Waals surface area contributed by atoms with Crippen molar-refractivity contribution in [2.24, 2.45) is 10.9 Å². The maximum Gasteiger partial charge on any atom is 0.191 e. The zero-order valence-electron chi connectivity index (χ0n) is 14.6. The fraction of sp³-hybridized carbons (Fsp3) is 0.706. The first-order valence-corrected chi connectivity index (χ1v) is 9.36. The van der Waals surface area contributed by atoms with Crippen LogP contribution in [-0.4, -0.2) is 56.8 Å². The standard InChI is InChI=1S/C17H30N4OS/c1-4-18-17(20-12-16-6-5-15(3)23-16)19-11-14(2)13-21-7-9-22-10-8-21/h5-6,14H,4,7-13H2,1-3H3,(H2,18,19,20). The van der Waals surface area contributed by atoms with Gasteiger partial charge in [0.15, 0.2) is 5.96 Å². The van der Waals surface area contributed by atoms with Crippen molar-refractivity contribution in [2.75, 3.05) is 45.9 Å². The lowest BCUT2D eigenvalue weighted by Gasteiger charge is -2.29. The molecule has 0 amide bonds. The summed E-state index contributed by atoms with van der Waals surface area (Å²) in [6, 6.07) is 4.31. The molecule has 1 saturated heterocycles. The molecule has 1 unspecified atom stereocenters. The van der Waals surface area contributed by atoms with Crippen LogP contribution in [0.2, 0.25) is 0 Å². The van der Waals surface area contributed by atoms with E-state index >= 15 is 0 Å². The van der Waals surface area contributed by atoms with Gasteiger partial charge >= 0.3 is 0 Å². The molecule has 2 heterocycles. The van der Waals surface area contributed by atoms with Crippen molar-refractivity contribution in [3.8, 4) is 0 Å². The van der Waals surface area contributed by atoms with Crippen molar-refractivity contribution >= 4 is 17.3 Å². The Morgan fingerprint density at radius 3 is 2.78 bits per heavy atom. The number of nitrogens with one attached hydrogen (secondary N) is 2. The Balaban J connectivity index is 1.76. The quantitative estimate of drug-likeness (QED) is 0.590. The highest BCUT2D eigenvalue weighted by Gasteiger charge is 2.13. The monoisotopic (exact) mass is 338 g/mol. The zero-order chi connectivity index (χ0) is 16.5. The molecule has 1 aliphatic heterocycles. The molecule has 6 heteroatoms. The SMILES string of the molecule is CCNC(=NCc1ccc(C)s1)NCC(C)CN1CCOCC1. The summed E-state index contributed by atoms with van der Waals surface area (Å²) in [6.07, 6.45) is 0. The first-order chi connectivity index (χ1) is 11.2. The second-order valence-corrected chi connectivity index (χ2v) is 7.48. The molecule has 0 aliphatic carbocycles. The van der Waals surface area contributed by atoms with Gasteiger partial charge in [0.05, 0.1) is 19.8 Å². The summed E-state index contributed by atoms with van der Waals surface area (Å²) in [5.41, 5.74) is 0. The normalized spacial score (nSPS) is 18.0. The van der Waals surface area contributed by atoms with Crippen molar-refractivity contribution < 1.29 is 4.74 Å². The number of guanidine groups is 1. The summed E-state index contributed by atoms with van der Waals surface area (Å²) >= 11 is 1.81. The van der Waals surface area contributed by atoms with E-state index in [9.17, 15) is 0 Å². The van der Waals surface area contributed by atoms with Gasteiger partial charge in [-0.05, 0) is 31.9 Å². The number of aliphatic imine (C=N–C) groups is 1. The molecule has 5 nitrogen and oxygen atoms in total. The number of morpholine rings is 1. The van der Waals surface area contributed by atoms with E-state index < -0.39 is 0 Å². The van der Waals surface area contributed by atoms with Gasteiger partial charge in [-0.3, -0.25) is 4.90 Å². The fourth-order valence-corrected chi connectivity index (χ4v) is 3.44. The first kappa shape index (κ1) is 18.2. The van der Waals surface area contributed by atoms with Crippen molar-refractivity contribution in [3.05, 3.63) is 21.9 Å². The minimum absolute atomic E-state index is 0.584. The predicted molar refractivity (Wildman–Crippen MR) is 98.3 cm³/mol. The molecule has 2 N–H and O–H groups in total. The number of nitrogens with zero attached hydrogens (tertiary/aromatic N) is 2. The van der Waals surface area contributed by atoms with E-state index in [0.717, 1.165) is 58.4 Å². The van der Waals surface area contributed by atoms with Crippen LogP contribution in [0.25, 0.3) is 0 Å². The Morgan fingerprint density at radius 1 is 1.35 bits per heavy atom. The van der Waals surface area contributed by atoms with Gasteiger partial charge in [-0.2, -0.15) is 0 Å². The first-order valence-electron chi connectivity index (χ1n) is 8.55. The van der Waals surface area contributed by atoms with Gasteiger partial charge in [-0.1, -0.05) is 6.92 Å². The molecule has 1 aromatic heterocycles. The molecule has 1 atom stereocenters. The Kier molecular flexibility index (Phi) is 7.85. The van der Waals surface area contributed by atoms with Crippen LogP contribution < -0.4 is 10.6 Å². The third kappa shape index (κ3) is 6.89. The molecule has 0 radical (unpaired) electrons. The largest absolute Gasteiger partial charge is 0.379 e. The number of rotatable bonds is 7. The second-order valence-electron chi connectivity index (χ2n) is 6.11. The van der Waals surface area contributed by atoms with E-state index in [2.05, 4.69) is 53.4 Å². The molecule has 0 spiro atoms. The molecule has 1 fully saturated rings. The molecular weight excluding hydrogens is 308 g/mol. The van der Waals surface area contributed by atoms with Gasteiger partial charge < -0.3 is 15.4 Å². The summed E-state index contributed by atoms with van der Waals surface area (Å²) < 4.78 is 5.40. The number of aryl methyl sites for hydroxylation is 1. The number of thiophene rings is 1. The van der Waals surface area contributed by atoms with Crippen molar-refractivity contribution in [2.45, 2.75) is 27.3 Å². The minimum atomic E-state index is 0.584. The van der Waals surface area contributed by atoms with Crippen LogP contribution in [0, 0.1) is 12.8 Å². The molecule has 130 valence electrons. The molecule has 2 rings (SSSR count). The van der Waals surface area contributed by atoms with Crippen LogP contribution in [0.5, 0.6) is 0 Å². The van der Waals surface area contributed by atoms with Gasteiger partial charge in [0.1, 0.15) is 0 Å². The van der Waals surface area contributed by atoms with E-state index in [-0.39, 0.29) is 0 Å². The van der Waals surface area contributed by atoms with E-state index in [1.54, 1.807) is 0 Å². The number of hydrogen-bond acceptors (Lipinski definition) is 4. The lowest BCUT2D eigenvalue weighted by molar-refractivity contribution is 0.0320. The predicted octanol–water partition coefficient (Wildman–Crippen LogP) is 2.08. The molecule has 0 saturated carbocycles. The highest BCUT2D eigenvalue weighted by molar-refractivity contribution is 7.11. The van der Waals surface area contributed by atoms with Crippen LogP contribution in [0.1, 0.15) is 23.6 Å². The number of ether oxygens (including phenoxy) is 1. The Bertz CT molecular complexity index is 483. The van der Waals surface area contributed by atoms with E-state index in [1.807, 2.05) is 11.3 Å². The van der Waals surface area contributed by atoms with Gasteiger partial charge in [0.25, 0.3) is 0 Å². The van der Waals surface area contributed by atoms with E-state index in [1.165, 1.54) is 9.75 Å². The van der Waals surface area contributed by atoms with Gasteiger partial charge in [-0.15, -0.1) is 11.3 Å². The summed E-state index contributed by atoms with van der Waals surface area (Å²) in [5, 5.41) is 6.80. The molecule has 0 bridgehead atoms. The van der Waals surface area contributed by atoms with Gasteiger partial charge in [-0.25, -0.2) is 4.99 Å². The second kappa shape index (κ2) is 9.90.